The number of hydrogen-bond acceptors (Lipinski definition) is 0. The van der Waals surface area contributed by atoms with Crippen molar-refractivity contribution in [3.05, 3.63) is 163 Å². The molecule has 1 heterocycles. The molecule has 0 bridgehead atoms. The minimum Gasteiger partial charge on any atom is -0.309 e. The molecule has 43 heavy (non-hydrogen) atoms. The Balaban J connectivity index is 1.55. The second kappa shape index (κ2) is 9.44. The molecule has 0 aliphatic heterocycles. The van der Waals surface area contributed by atoms with Crippen LogP contribution in [0.25, 0.3) is 82.1 Å². The van der Waals surface area contributed by atoms with Crippen molar-refractivity contribution >= 4 is 54.1 Å². The van der Waals surface area contributed by atoms with Crippen molar-refractivity contribution in [3.8, 4) is 27.9 Å². The summed E-state index contributed by atoms with van der Waals surface area (Å²) < 4.78 is 136. The molecule has 0 radical (unpaired) electrons. The normalized spacial score (nSPS) is 16.6. The van der Waals surface area contributed by atoms with Gasteiger partial charge in [0.2, 0.25) is 0 Å². The van der Waals surface area contributed by atoms with E-state index in [1.807, 2.05) is 66.7 Å². The standard InChI is InChI=1S/C42H27N/c1-2-14-32(15-3-1)43-39-21-11-10-16-33(39)38-27-31(24-25-40(38)43)42-36-19-8-6-17-34(36)41(35-18-7-9-20-37(35)42)30-23-22-28-12-4-5-13-29(28)26-30/h1-27H/i4D,5D,6D,7D,8D,9D,12D,13D,17D,18D,19D,20D,22D,23D,26D. The number of aromatic nitrogens is 1. The van der Waals surface area contributed by atoms with E-state index in [1.165, 1.54) is 0 Å². The predicted octanol–water partition coefficient (Wildman–Crippen LogP) is 11.6. The van der Waals surface area contributed by atoms with Gasteiger partial charge in [0.15, 0.2) is 0 Å². The Morgan fingerprint density at radius 2 is 1.00 bits per heavy atom. The third-order valence-electron chi connectivity index (χ3n) is 7.85. The summed E-state index contributed by atoms with van der Waals surface area (Å²) in [6.45, 7) is 0. The van der Waals surface area contributed by atoms with E-state index in [0.717, 1.165) is 27.5 Å². The Hall–Kier alpha value is -5.66. The highest BCUT2D eigenvalue weighted by Crippen LogP contribution is 2.45. The van der Waals surface area contributed by atoms with Crippen molar-refractivity contribution in [1.29, 1.82) is 0 Å². The number of rotatable bonds is 3. The molecule has 0 N–H and O–H groups in total. The van der Waals surface area contributed by atoms with Crippen LogP contribution in [0.4, 0.5) is 0 Å². The minimum absolute atomic E-state index is 0.0538. The van der Waals surface area contributed by atoms with Gasteiger partial charge in [-0.2, -0.15) is 0 Å². The van der Waals surface area contributed by atoms with Crippen LogP contribution in [0.15, 0.2) is 163 Å². The third-order valence-corrected chi connectivity index (χ3v) is 7.85. The van der Waals surface area contributed by atoms with Crippen molar-refractivity contribution in [2.24, 2.45) is 0 Å². The minimum atomic E-state index is -0.729. The molecule has 0 saturated heterocycles. The molecule has 0 fully saturated rings. The van der Waals surface area contributed by atoms with Gasteiger partial charge in [-0.3, -0.25) is 0 Å². The quantitative estimate of drug-likeness (QED) is 0.189. The molecular formula is C42H27N. The lowest BCUT2D eigenvalue weighted by Gasteiger charge is -2.18. The molecule has 0 aliphatic carbocycles. The Morgan fingerprint density at radius 1 is 0.419 bits per heavy atom. The molecule has 200 valence electrons. The van der Waals surface area contributed by atoms with E-state index in [4.69, 9.17) is 12.3 Å². The zero-order valence-corrected chi connectivity index (χ0v) is 22.4. The first kappa shape index (κ1) is 13.5. The van der Waals surface area contributed by atoms with Gasteiger partial charge in [0.1, 0.15) is 0 Å². The topological polar surface area (TPSA) is 4.93 Å². The van der Waals surface area contributed by atoms with Gasteiger partial charge in [0.05, 0.1) is 31.6 Å². The lowest BCUT2D eigenvalue weighted by atomic mass is 9.85. The van der Waals surface area contributed by atoms with E-state index in [1.54, 1.807) is 6.07 Å². The Bertz CT molecular complexity index is 3260. The van der Waals surface area contributed by atoms with Crippen LogP contribution in [0, 0.1) is 0 Å². The molecule has 1 aromatic heterocycles. The van der Waals surface area contributed by atoms with Gasteiger partial charge in [0.25, 0.3) is 0 Å². The van der Waals surface area contributed by atoms with Gasteiger partial charge < -0.3 is 4.57 Å². The second-order valence-corrected chi connectivity index (χ2v) is 10.2. The average molecular weight is 561 g/mol. The molecule has 9 rings (SSSR count). The molecule has 0 spiro atoms. The molecule has 0 saturated carbocycles. The summed E-state index contributed by atoms with van der Waals surface area (Å²) in [5.74, 6) is 0. The SMILES string of the molecule is [2H]c1c([2H])c([2H])c2c([2H])c(-c3c4c([2H])c([2H])c([2H])c([2H])c4c(-c4ccc5c(c4)c4ccccc4n5-c4ccccc4)c4c([2H])c([2H])c([2H])c([2H])c34)c([2H])c([2H])c2c1[2H]. The zero-order valence-electron chi connectivity index (χ0n) is 37.4. The first-order valence-electron chi connectivity index (χ1n) is 21.1. The maximum absolute atomic E-state index is 9.43. The summed E-state index contributed by atoms with van der Waals surface area (Å²) in [5.41, 5.74) is 2.13. The number of para-hydroxylation sites is 2. The summed E-state index contributed by atoms with van der Waals surface area (Å²) in [7, 11) is 0. The summed E-state index contributed by atoms with van der Waals surface area (Å²) in [4.78, 5) is 0. The Morgan fingerprint density at radius 3 is 1.72 bits per heavy atom. The molecule has 0 aliphatic rings. The van der Waals surface area contributed by atoms with E-state index >= 15 is 0 Å². The molecule has 9 aromatic rings. The largest absolute Gasteiger partial charge is 0.309 e. The van der Waals surface area contributed by atoms with Gasteiger partial charge >= 0.3 is 0 Å². The fraction of sp³-hybridized carbons (Fsp3) is 0. The second-order valence-electron chi connectivity index (χ2n) is 10.2. The molecule has 1 heteroatoms. The van der Waals surface area contributed by atoms with Crippen LogP contribution < -0.4 is 0 Å². The molecule has 1 nitrogen and oxygen atoms in total. The highest BCUT2D eigenvalue weighted by molar-refractivity contribution is 6.22. The van der Waals surface area contributed by atoms with Gasteiger partial charge in [-0.15, -0.1) is 0 Å². The van der Waals surface area contributed by atoms with Crippen LogP contribution in [0.2, 0.25) is 0 Å². The van der Waals surface area contributed by atoms with E-state index < -0.39 is 107 Å². The number of hydrogen-bond donors (Lipinski definition) is 0. The lowest BCUT2D eigenvalue weighted by Crippen LogP contribution is -1.93. The summed E-state index contributed by atoms with van der Waals surface area (Å²) >= 11 is 0. The summed E-state index contributed by atoms with van der Waals surface area (Å²) in [5, 5.41) is -0.128. The molecule has 0 atom stereocenters. The fourth-order valence-corrected chi connectivity index (χ4v) is 6.05. The highest BCUT2D eigenvalue weighted by atomic mass is 15.0. The highest BCUT2D eigenvalue weighted by Gasteiger charge is 2.18. The van der Waals surface area contributed by atoms with Crippen LogP contribution in [-0.2, 0) is 0 Å². The van der Waals surface area contributed by atoms with E-state index in [2.05, 4.69) is 4.57 Å². The molecular weight excluding hydrogens is 518 g/mol. The van der Waals surface area contributed by atoms with Gasteiger partial charge in [0, 0.05) is 16.5 Å². The average Bonchev–Trinajstić information content (AvgIpc) is 3.56. The van der Waals surface area contributed by atoms with Gasteiger partial charge in [-0.05, 0) is 90.9 Å². The van der Waals surface area contributed by atoms with Crippen LogP contribution in [0.1, 0.15) is 20.6 Å². The van der Waals surface area contributed by atoms with Crippen LogP contribution in [0.5, 0.6) is 0 Å². The van der Waals surface area contributed by atoms with Gasteiger partial charge in [-0.1, -0.05) is 127 Å². The summed E-state index contributed by atoms with van der Waals surface area (Å²) in [6, 6.07) is 12.9. The first-order valence-corrected chi connectivity index (χ1v) is 13.6. The maximum Gasteiger partial charge on any atom is 0.0636 e. The van der Waals surface area contributed by atoms with E-state index in [9.17, 15) is 8.22 Å². The maximum atomic E-state index is 9.43. The van der Waals surface area contributed by atoms with Crippen LogP contribution in [0.3, 0.4) is 0 Å². The van der Waals surface area contributed by atoms with Crippen molar-refractivity contribution < 1.29 is 20.6 Å². The van der Waals surface area contributed by atoms with Crippen LogP contribution >= 0.6 is 0 Å². The first-order chi connectivity index (χ1) is 27.6. The monoisotopic (exact) mass is 560 g/mol. The Labute approximate surface area is 271 Å². The lowest BCUT2D eigenvalue weighted by molar-refractivity contribution is 1.18. The van der Waals surface area contributed by atoms with Crippen molar-refractivity contribution in [2.75, 3.05) is 0 Å². The smallest absolute Gasteiger partial charge is 0.0636 e. The predicted molar refractivity (Wildman–Crippen MR) is 184 cm³/mol. The van der Waals surface area contributed by atoms with Crippen LogP contribution in [-0.4, -0.2) is 4.57 Å². The third kappa shape index (κ3) is 3.65. The van der Waals surface area contributed by atoms with E-state index in [0.29, 0.717) is 5.56 Å². The molecule has 0 unspecified atom stereocenters. The number of fused-ring (bicyclic) bond motifs is 6. The fourth-order valence-electron chi connectivity index (χ4n) is 6.05. The van der Waals surface area contributed by atoms with E-state index in [-0.39, 0.29) is 32.7 Å². The summed E-state index contributed by atoms with van der Waals surface area (Å²) in [6.07, 6.45) is 0. The molecule has 0 amide bonds. The number of nitrogens with zero attached hydrogens (tertiary/aromatic N) is 1. The van der Waals surface area contributed by atoms with Crippen molar-refractivity contribution in [2.45, 2.75) is 0 Å². The van der Waals surface area contributed by atoms with Crippen molar-refractivity contribution in [1.82, 2.24) is 4.57 Å². The van der Waals surface area contributed by atoms with Crippen molar-refractivity contribution in [3.63, 3.8) is 0 Å². The number of benzene rings is 8. The molecule has 8 aromatic carbocycles. The van der Waals surface area contributed by atoms with Gasteiger partial charge in [-0.25, -0.2) is 0 Å². The zero-order chi connectivity index (χ0) is 41.4. The Kier molecular flexibility index (Phi) is 2.97.